The number of carbonyl (C=O) groups is 1. The lowest BCUT2D eigenvalue weighted by molar-refractivity contribution is -0.126. The Bertz CT molecular complexity index is 659. The van der Waals surface area contributed by atoms with Crippen molar-refractivity contribution < 1.29 is 4.79 Å². The van der Waals surface area contributed by atoms with Gasteiger partial charge in [-0.05, 0) is 42.7 Å². The normalized spacial score (nSPS) is 20.1. The van der Waals surface area contributed by atoms with E-state index < -0.39 is 5.41 Å². The second-order valence-corrected chi connectivity index (χ2v) is 5.79. The van der Waals surface area contributed by atoms with Crippen LogP contribution in [0.1, 0.15) is 36.6 Å². The van der Waals surface area contributed by atoms with Crippen LogP contribution in [-0.2, 0) is 10.2 Å². The highest BCUT2D eigenvalue weighted by atomic mass is 16.2. The molecule has 0 bridgehead atoms. The smallest absolute Gasteiger partial charge is 0.230 e. The van der Waals surface area contributed by atoms with Gasteiger partial charge in [-0.3, -0.25) is 4.79 Å². The molecule has 1 unspecified atom stereocenters. The van der Waals surface area contributed by atoms with Gasteiger partial charge in [0.1, 0.15) is 0 Å². The van der Waals surface area contributed by atoms with Crippen molar-refractivity contribution in [3.05, 3.63) is 65.2 Å². The van der Waals surface area contributed by atoms with Crippen molar-refractivity contribution in [2.45, 2.75) is 25.3 Å². The van der Waals surface area contributed by atoms with Crippen LogP contribution in [0.2, 0.25) is 0 Å². The molecule has 1 amide bonds. The average Bonchev–Trinajstić information content (AvgIpc) is 2.44. The number of nitrogens with two attached hydrogens (primary N) is 1. The van der Waals surface area contributed by atoms with E-state index in [2.05, 4.69) is 11.4 Å². The maximum Gasteiger partial charge on any atom is 0.230 e. The highest BCUT2D eigenvalue weighted by molar-refractivity contribution is 5.90. The van der Waals surface area contributed by atoms with E-state index in [4.69, 9.17) is 5.73 Å². The number of fused-ring (bicyclic) bond motifs is 1. The van der Waals surface area contributed by atoms with E-state index in [1.807, 2.05) is 56.3 Å². The Morgan fingerprint density at radius 1 is 1.05 bits per heavy atom. The van der Waals surface area contributed by atoms with Crippen LogP contribution in [0.4, 0.5) is 5.69 Å². The van der Waals surface area contributed by atoms with Gasteiger partial charge in [0.05, 0.1) is 11.5 Å². The first-order valence-electron chi connectivity index (χ1n) is 6.76. The number of hydrogen-bond donors (Lipinski definition) is 2. The second kappa shape index (κ2) is 4.37. The number of nitrogens with one attached hydrogen (secondary N) is 1. The number of hydrogen-bond acceptors (Lipinski definition) is 2. The molecule has 0 saturated heterocycles. The molecule has 0 aliphatic carbocycles. The Morgan fingerprint density at radius 2 is 1.70 bits per heavy atom. The second-order valence-electron chi connectivity index (χ2n) is 5.79. The number of amides is 1. The van der Waals surface area contributed by atoms with Gasteiger partial charge in [0, 0.05) is 5.69 Å². The van der Waals surface area contributed by atoms with Crippen LogP contribution in [0.15, 0.2) is 48.5 Å². The predicted octanol–water partition coefficient (Wildman–Crippen LogP) is 2.77. The molecule has 0 radical (unpaired) electrons. The summed E-state index contributed by atoms with van der Waals surface area (Å²) in [5.41, 5.74) is 9.26. The van der Waals surface area contributed by atoms with Crippen molar-refractivity contribution in [3.8, 4) is 0 Å². The summed E-state index contributed by atoms with van der Waals surface area (Å²) in [5, 5.41) is 3.12. The van der Waals surface area contributed by atoms with Crippen molar-refractivity contribution in [2.24, 2.45) is 0 Å². The summed E-state index contributed by atoms with van der Waals surface area (Å²) in [4.78, 5) is 12.4. The Hall–Kier alpha value is -2.29. The largest absolute Gasteiger partial charge is 0.399 e. The average molecular weight is 266 g/mol. The van der Waals surface area contributed by atoms with Crippen molar-refractivity contribution in [1.29, 1.82) is 0 Å². The molecule has 2 aromatic rings. The summed E-state index contributed by atoms with van der Waals surface area (Å²) in [6.45, 7) is 3.92. The van der Waals surface area contributed by atoms with E-state index in [0.29, 0.717) is 0 Å². The molecule has 3 heteroatoms. The molecule has 0 fully saturated rings. The lowest BCUT2D eigenvalue weighted by Gasteiger charge is -2.37. The van der Waals surface area contributed by atoms with Crippen molar-refractivity contribution in [3.63, 3.8) is 0 Å². The minimum atomic E-state index is -0.499. The lowest BCUT2D eigenvalue weighted by atomic mass is 9.75. The zero-order valence-electron chi connectivity index (χ0n) is 11.7. The van der Waals surface area contributed by atoms with Crippen LogP contribution in [-0.4, -0.2) is 5.91 Å². The van der Waals surface area contributed by atoms with Gasteiger partial charge in [0.2, 0.25) is 5.91 Å². The molecule has 0 aromatic heterocycles. The molecule has 0 spiro atoms. The minimum absolute atomic E-state index is 0.0537. The first-order chi connectivity index (χ1) is 9.50. The molecule has 3 nitrogen and oxygen atoms in total. The van der Waals surface area contributed by atoms with E-state index in [9.17, 15) is 4.79 Å². The van der Waals surface area contributed by atoms with E-state index >= 15 is 0 Å². The zero-order chi connectivity index (χ0) is 14.3. The minimum Gasteiger partial charge on any atom is -0.399 e. The highest BCUT2D eigenvalue weighted by Gasteiger charge is 2.39. The van der Waals surface area contributed by atoms with Crippen molar-refractivity contribution >= 4 is 11.6 Å². The van der Waals surface area contributed by atoms with Gasteiger partial charge in [0.25, 0.3) is 0 Å². The number of anilines is 1. The third-order valence-corrected chi connectivity index (χ3v) is 4.06. The Morgan fingerprint density at radius 3 is 2.40 bits per heavy atom. The van der Waals surface area contributed by atoms with Gasteiger partial charge in [-0.25, -0.2) is 0 Å². The number of nitrogen functional groups attached to an aromatic ring is 1. The molecule has 1 aliphatic rings. The molecule has 102 valence electrons. The maximum atomic E-state index is 12.4. The Balaban J connectivity index is 2.14. The summed E-state index contributed by atoms with van der Waals surface area (Å²) in [7, 11) is 0. The van der Waals surface area contributed by atoms with Crippen LogP contribution >= 0.6 is 0 Å². The number of rotatable bonds is 1. The third kappa shape index (κ3) is 1.86. The van der Waals surface area contributed by atoms with E-state index in [-0.39, 0.29) is 11.9 Å². The number of benzene rings is 2. The lowest BCUT2D eigenvalue weighted by Crippen LogP contribution is -2.47. The third-order valence-electron chi connectivity index (χ3n) is 4.06. The molecule has 3 N–H and O–H groups in total. The summed E-state index contributed by atoms with van der Waals surface area (Å²) >= 11 is 0. The van der Waals surface area contributed by atoms with Crippen molar-refractivity contribution in [2.75, 3.05) is 5.73 Å². The molecular weight excluding hydrogens is 248 g/mol. The van der Waals surface area contributed by atoms with Crippen LogP contribution in [0.3, 0.4) is 0 Å². The molecule has 20 heavy (non-hydrogen) atoms. The molecular formula is C17H18N2O. The van der Waals surface area contributed by atoms with Crippen molar-refractivity contribution in [1.82, 2.24) is 5.32 Å². The Labute approximate surface area is 118 Å². The maximum absolute atomic E-state index is 12.4. The van der Waals surface area contributed by atoms with Gasteiger partial charge in [0.15, 0.2) is 0 Å². The fourth-order valence-electron chi connectivity index (χ4n) is 2.78. The fraction of sp³-hybridized carbons (Fsp3) is 0.235. The number of carbonyl (C=O) groups excluding carboxylic acids is 1. The predicted molar refractivity (Wildman–Crippen MR) is 80.3 cm³/mol. The Kier molecular flexibility index (Phi) is 2.78. The molecule has 1 aliphatic heterocycles. The summed E-state index contributed by atoms with van der Waals surface area (Å²) in [6.07, 6.45) is 0. The van der Waals surface area contributed by atoms with Gasteiger partial charge < -0.3 is 11.1 Å². The van der Waals surface area contributed by atoms with Crippen LogP contribution < -0.4 is 11.1 Å². The van der Waals surface area contributed by atoms with Gasteiger partial charge in [-0.2, -0.15) is 0 Å². The zero-order valence-corrected chi connectivity index (χ0v) is 11.7. The SMILES string of the molecule is CC1(C)C(=O)NC(c2ccc(N)cc2)c2ccccc21. The fourth-order valence-corrected chi connectivity index (χ4v) is 2.78. The van der Waals surface area contributed by atoms with Gasteiger partial charge in [-0.1, -0.05) is 36.4 Å². The van der Waals surface area contributed by atoms with Crippen LogP contribution in [0, 0.1) is 0 Å². The molecule has 2 aromatic carbocycles. The topological polar surface area (TPSA) is 55.1 Å². The quantitative estimate of drug-likeness (QED) is 0.780. The summed E-state index contributed by atoms with van der Waals surface area (Å²) in [5.74, 6) is 0.0537. The molecule has 1 heterocycles. The van der Waals surface area contributed by atoms with Gasteiger partial charge >= 0.3 is 0 Å². The summed E-state index contributed by atoms with van der Waals surface area (Å²) in [6, 6.07) is 15.7. The first-order valence-corrected chi connectivity index (χ1v) is 6.76. The van der Waals surface area contributed by atoms with Crippen LogP contribution in [0.25, 0.3) is 0 Å². The van der Waals surface area contributed by atoms with E-state index in [1.165, 1.54) is 0 Å². The van der Waals surface area contributed by atoms with E-state index in [1.54, 1.807) is 0 Å². The molecule has 3 rings (SSSR count). The first kappa shape index (κ1) is 12.7. The monoisotopic (exact) mass is 266 g/mol. The molecule has 0 saturated carbocycles. The van der Waals surface area contributed by atoms with Crippen LogP contribution in [0.5, 0.6) is 0 Å². The van der Waals surface area contributed by atoms with Gasteiger partial charge in [-0.15, -0.1) is 0 Å². The van der Waals surface area contributed by atoms with E-state index in [0.717, 1.165) is 22.4 Å². The molecule has 1 atom stereocenters. The highest BCUT2D eigenvalue weighted by Crippen LogP contribution is 2.37. The summed E-state index contributed by atoms with van der Waals surface area (Å²) < 4.78 is 0. The standard InChI is InChI=1S/C17H18N2O/c1-17(2)14-6-4-3-5-13(14)15(19-16(17)20)11-7-9-12(18)10-8-11/h3-10,15H,18H2,1-2H3,(H,19,20).